The molecule has 3 aromatic heterocycles. The molecule has 0 atom stereocenters. The largest absolute Gasteiger partial charge is 0.487 e. The van der Waals surface area contributed by atoms with Gasteiger partial charge >= 0.3 is 5.97 Å². The molecule has 2 aliphatic rings. The predicted molar refractivity (Wildman–Crippen MR) is 150 cm³/mol. The summed E-state index contributed by atoms with van der Waals surface area (Å²) in [5.41, 5.74) is 4.57. The van der Waals surface area contributed by atoms with Gasteiger partial charge in [0.05, 0.1) is 41.7 Å². The molecular weight excluding hydrogens is 546 g/mol. The van der Waals surface area contributed by atoms with Crippen molar-refractivity contribution >= 4 is 16.9 Å². The molecule has 2 fully saturated rings. The van der Waals surface area contributed by atoms with Crippen molar-refractivity contribution < 1.29 is 28.2 Å². The van der Waals surface area contributed by atoms with E-state index in [0.29, 0.717) is 23.3 Å². The molecule has 0 amide bonds. The molecule has 3 heterocycles. The smallest absolute Gasteiger partial charge is 0.335 e. The van der Waals surface area contributed by atoms with Crippen molar-refractivity contribution in [3.63, 3.8) is 0 Å². The molecule has 0 saturated heterocycles. The van der Waals surface area contributed by atoms with Crippen molar-refractivity contribution in [2.45, 2.75) is 44.1 Å². The highest BCUT2D eigenvalue weighted by Crippen LogP contribution is 2.47. The summed E-state index contributed by atoms with van der Waals surface area (Å²) >= 11 is 0. The molecular formula is C30H28F2N6O4. The number of alkyl halides is 2. The van der Waals surface area contributed by atoms with Gasteiger partial charge in [-0.1, -0.05) is 12.1 Å². The highest BCUT2D eigenvalue weighted by Gasteiger charge is 2.33. The molecule has 42 heavy (non-hydrogen) atoms. The number of nitrogens with zero attached hydrogens (tertiary/aromatic N) is 6. The highest BCUT2D eigenvalue weighted by atomic mass is 19.3. The van der Waals surface area contributed by atoms with Gasteiger partial charge in [-0.15, -0.1) is 5.10 Å². The van der Waals surface area contributed by atoms with Gasteiger partial charge in [0, 0.05) is 35.8 Å². The van der Waals surface area contributed by atoms with Gasteiger partial charge < -0.3 is 19.1 Å². The SMILES string of the molecule is COc1nn(C2CC2)cc1-n1cc2c(-c3nc(-c4ccc(C(=O)O)cc4OCC(F)F)n(C)c3C3CC3)cccc2n1. The van der Waals surface area contributed by atoms with E-state index < -0.39 is 19.0 Å². The number of hydrogen-bond donors (Lipinski definition) is 1. The summed E-state index contributed by atoms with van der Waals surface area (Å²) in [7, 11) is 3.49. The summed E-state index contributed by atoms with van der Waals surface area (Å²) in [6.45, 7) is -0.859. The maximum Gasteiger partial charge on any atom is 0.335 e. The van der Waals surface area contributed by atoms with Gasteiger partial charge in [0.15, 0.2) is 0 Å². The molecule has 2 aromatic carbocycles. The van der Waals surface area contributed by atoms with Crippen LogP contribution in [-0.4, -0.2) is 60.3 Å². The zero-order chi connectivity index (χ0) is 29.1. The first-order valence-electron chi connectivity index (χ1n) is 13.8. The Morgan fingerprint density at radius 3 is 2.60 bits per heavy atom. The van der Waals surface area contributed by atoms with Gasteiger partial charge in [-0.2, -0.15) is 5.10 Å². The standard InChI is InChI=1S/C30H28F2N6O4/c1-36-27(16-6-7-16)26(33-28(36)20-11-8-17(30(39)40)12-24(20)42-15-25(31)32)19-4-3-5-22-21(19)13-38(34-22)23-14-37(18-9-10-18)35-29(23)41-2/h3-5,8,11-14,16,18,25H,6-7,9-10,15H2,1-2H3,(H,39,40). The molecule has 5 aromatic rings. The monoisotopic (exact) mass is 574 g/mol. The number of halogens is 2. The van der Waals surface area contributed by atoms with Crippen LogP contribution >= 0.6 is 0 Å². The minimum Gasteiger partial charge on any atom is -0.487 e. The number of hydrogen-bond acceptors (Lipinski definition) is 6. The molecule has 10 nitrogen and oxygen atoms in total. The van der Waals surface area contributed by atoms with Crippen LogP contribution < -0.4 is 9.47 Å². The normalized spacial score (nSPS) is 15.1. The summed E-state index contributed by atoms with van der Waals surface area (Å²) in [6, 6.07) is 10.5. The van der Waals surface area contributed by atoms with Crippen LogP contribution in [0.1, 0.15) is 53.7 Å². The highest BCUT2D eigenvalue weighted by molar-refractivity contribution is 5.95. The molecule has 0 radical (unpaired) electrons. The van der Waals surface area contributed by atoms with Crippen LogP contribution in [0.15, 0.2) is 48.8 Å². The molecule has 7 rings (SSSR count). The average molecular weight is 575 g/mol. The molecule has 2 saturated carbocycles. The van der Waals surface area contributed by atoms with Crippen LogP contribution in [0.4, 0.5) is 8.78 Å². The Balaban J connectivity index is 1.36. The van der Waals surface area contributed by atoms with E-state index in [0.717, 1.165) is 59.2 Å². The topological polar surface area (TPSA) is 109 Å². The number of ether oxygens (including phenoxy) is 2. The van der Waals surface area contributed by atoms with Crippen molar-refractivity contribution in [2.75, 3.05) is 13.7 Å². The molecule has 12 heteroatoms. The van der Waals surface area contributed by atoms with Crippen LogP contribution in [0, 0.1) is 0 Å². The quantitative estimate of drug-likeness (QED) is 0.223. The van der Waals surface area contributed by atoms with Gasteiger partial charge in [0.25, 0.3) is 12.3 Å². The number of methoxy groups -OCH3 is 1. The molecule has 216 valence electrons. The first-order valence-corrected chi connectivity index (χ1v) is 13.8. The Morgan fingerprint density at radius 1 is 1.10 bits per heavy atom. The van der Waals surface area contributed by atoms with Crippen molar-refractivity contribution in [2.24, 2.45) is 7.05 Å². The number of imidazole rings is 1. The lowest BCUT2D eigenvalue weighted by Crippen LogP contribution is -2.09. The predicted octanol–water partition coefficient (Wildman–Crippen LogP) is 5.85. The third kappa shape index (κ3) is 4.56. The number of aromatic carboxylic acids is 1. The van der Waals surface area contributed by atoms with E-state index in [4.69, 9.17) is 19.6 Å². The molecule has 1 N–H and O–H groups in total. The van der Waals surface area contributed by atoms with Crippen LogP contribution in [-0.2, 0) is 7.05 Å². The lowest BCUT2D eigenvalue weighted by Gasteiger charge is -2.13. The Hall–Kier alpha value is -4.74. The minimum absolute atomic E-state index is 0.0444. The van der Waals surface area contributed by atoms with Crippen LogP contribution in [0.2, 0.25) is 0 Å². The fraction of sp³-hybridized carbons (Fsp3) is 0.333. The number of carbonyl (C=O) groups is 1. The lowest BCUT2D eigenvalue weighted by molar-refractivity contribution is 0.0695. The number of carboxylic acids is 1. The maximum absolute atomic E-state index is 13.1. The average Bonchev–Trinajstić information content (AvgIpc) is 3.89. The third-order valence-corrected chi connectivity index (χ3v) is 7.78. The minimum atomic E-state index is -2.71. The van der Waals surface area contributed by atoms with E-state index in [1.54, 1.807) is 17.9 Å². The molecule has 0 spiro atoms. The van der Waals surface area contributed by atoms with E-state index >= 15 is 0 Å². The van der Waals surface area contributed by atoms with Crippen molar-refractivity contribution in [3.8, 4) is 40.0 Å². The maximum atomic E-state index is 13.1. The molecule has 2 aliphatic carbocycles. The first-order chi connectivity index (χ1) is 20.3. The second-order valence-electron chi connectivity index (χ2n) is 10.8. The van der Waals surface area contributed by atoms with Crippen LogP contribution in [0.25, 0.3) is 39.2 Å². The van der Waals surface area contributed by atoms with Gasteiger partial charge in [-0.05, 0) is 49.9 Å². The Bertz CT molecular complexity index is 1830. The lowest BCUT2D eigenvalue weighted by atomic mass is 10.0. The summed E-state index contributed by atoms with van der Waals surface area (Å²) in [5.74, 6) is 0.159. The van der Waals surface area contributed by atoms with Crippen molar-refractivity contribution in [3.05, 3.63) is 60.0 Å². The fourth-order valence-corrected chi connectivity index (χ4v) is 5.45. The Labute approximate surface area is 239 Å². The van der Waals surface area contributed by atoms with E-state index in [9.17, 15) is 18.7 Å². The summed E-state index contributed by atoms with van der Waals surface area (Å²) in [6.07, 6.45) is 5.39. The summed E-state index contributed by atoms with van der Waals surface area (Å²) in [5, 5.41) is 19.8. The van der Waals surface area contributed by atoms with Crippen molar-refractivity contribution in [1.82, 2.24) is 29.1 Å². The third-order valence-electron chi connectivity index (χ3n) is 7.78. The number of carboxylic acid groups (broad SMARTS) is 1. The van der Waals surface area contributed by atoms with Gasteiger partial charge in [0.1, 0.15) is 23.9 Å². The van der Waals surface area contributed by atoms with E-state index in [1.165, 1.54) is 12.1 Å². The number of aromatic nitrogens is 6. The van der Waals surface area contributed by atoms with E-state index in [-0.39, 0.29) is 17.2 Å². The van der Waals surface area contributed by atoms with Gasteiger partial charge in [-0.3, -0.25) is 4.68 Å². The van der Waals surface area contributed by atoms with Crippen molar-refractivity contribution in [1.29, 1.82) is 0 Å². The Kier molecular flexibility index (Phi) is 6.21. The second kappa shape index (κ2) is 9.97. The summed E-state index contributed by atoms with van der Waals surface area (Å²) in [4.78, 5) is 16.7. The fourth-order valence-electron chi connectivity index (χ4n) is 5.45. The number of benzene rings is 2. The zero-order valence-electron chi connectivity index (χ0n) is 23.0. The number of rotatable bonds is 10. The second-order valence-corrected chi connectivity index (χ2v) is 10.8. The van der Waals surface area contributed by atoms with Gasteiger partial charge in [-0.25, -0.2) is 23.2 Å². The molecule has 0 bridgehead atoms. The van der Waals surface area contributed by atoms with Gasteiger partial charge in [0.2, 0.25) is 0 Å². The molecule has 0 unspecified atom stereocenters. The summed E-state index contributed by atoms with van der Waals surface area (Å²) < 4.78 is 42.8. The van der Waals surface area contributed by atoms with E-state index in [1.807, 2.05) is 46.9 Å². The first kappa shape index (κ1) is 26.2. The van der Waals surface area contributed by atoms with Crippen LogP contribution in [0.3, 0.4) is 0 Å². The number of fused-ring (bicyclic) bond motifs is 1. The zero-order valence-corrected chi connectivity index (χ0v) is 23.0. The Morgan fingerprint density at radius 2 is 1.90 bits per heavy atom. The van der Waals surface area contributed by atoms with E-state index in [2.05, 4.69) is 5.10 Å². The van der Waals surface area contributed by atoms with Crippen LogP contribution in [0.5, 0.6) is 11.6 Å². The molecule has 0 aliphatic heterocycles.